The summed E-state index contributed by atoms with van der Waals surface area (Å²) in [6, 6.07) is 23.6. The van der Waals surface area contributed by atoms with Crippen LogP contribution in [0.25, 0.3) is 0 Å². The van der Waals surface area contributed by atoms with Crippen LogP contribution in [0.5, 0.6) is 11.5 Å². The largest absolute Gasteiger partial charge is 0.456 e. The number of H-pyrrole nitrogens is 1. The minimum absolute atomic E-state index is 0.511. The van der Waals surface area contributed by atoms with Gasteiger partial charge in [0, 0.05) is 21.8 Å². The van der Waals surface area contributed by atoms with Crippen molar-refractivity contribution in [2.24, 2.45) is 0 Å². The first-order valence-electron chi connectivity index (χ1n) is 10.9. The number of halogens is 2. The van der Waals surface area contributed by atoms with Gasteiger partial charge in [-0.2, -0.15) is 0 Å². The van der Waals surface area contributed by atoms with E-state index in [1.54, 1.807) is 24.5 Å². The number of rotatable bonds is 6. The molecule has 0 saturated carbocycles. The van der Waals surface area contributed by atoms with E-state index in [1.165, 1.54) is 16.2 Å². The smallest absolute Gasteiger partial charge is 0.146 e. The highest BCUT2D eigenvalue weighted by atomic mass is 35.5. The lowest BCUT2D eigenvalue weighted by Gasteiger charge is -2.08. The van der Waals surface area contributed by atoms with Crippen molar-refractivity contribution in [2.45, 2.75) is 38.5 Å². The second-order valence-electron chi connectivity index (χ2n) is 6.85. The Bertz CT molecular complexity index is 1040. The first-order valence-corrected chi connectivity index (χ1v) is 12.7. The fourth-order valence-corrected chi connectivity index (χ4v) is 3.77. The molecular weight excluding hydrogens is 471 g/mol. The molecule has 0 saturated heterocycles. The Hall–Kier alpha value is -2.40. The highest BCUT2D eigenvalue weighted by Gasteiger charge is 2.03. The quantitative estimate of drug-likeness (QED) is 0.268. The predicted molar refractivity (Wildman–Crippen MR) is 143 cm³/mol. The number of hydrogen-bond donors (Lipinski definition) is 1. The van der Waals surface area contributed by atoms with E-state index in [1.807, 2.05) is 48.3 Å². The molecule has 0 unspecified atom stereocenters. The van der Waals surface area contributed by atoms with Crippen molar-refractivity contribution in [3.05, 3.63) is 107 Å². The lowest BCUT2D eigenvalue weighted by atomic mass is 10.2. The molecule has 174 valence electrons. The third-order valence-electron chi connectivity index (χ3n) is 4.44. The van der Waals surface area contributed by atoms with Gasteiger partial charge in [0.2, 0.25) is 0 Å². The Morgan fingerprint density at radius 1 is 0.879 bits per heavy atom. The highest BCUT2D eigenvalue weighted by Crippen LogP contribution is 2.31. The van der Waals surface area contributed by atoms with Gasteiger partial charge in [-0.05, 0) is 66.6 Å². The number of hydrogen-bond acceptors (Lipinski definition) is 3. The molecule has 33 heavy (non-hydrogen) atoms. The number of nitrogens with zero attached hydrogens (tertiary/aromatic N) is 1. The summed E-state index contributed by atoms with van der Waals surface area (Å²) < 4.78 is 5.67. The summed E-state index contributed by atoms with van der Waals surface area (Å²) in [6.45, 7) is 6.37. The number of aromatic nitrogens is 2. The molecule has 0 fully saturated rings. The number of imidazole rings is 1. The Kier molecular flexibility index (Phi) is 12.6. The molecule has 1 heterocycles. The minimum Gasteiger partial charge on any atom is -0.456 e. The number of aryl methyl sites for hydroxylation is 2. The molecule has 0 aliphatic heterocycles. The molecule has 0 atom stereocenters. The van der Waals surface area contributed by atoms with Crippen molar-refractivity contribution in [1.82, 2.24) is 9.97 Å². The molecule has 3 nitrogen and oxygen atoms in total. The molecule has 0 aliphatic rings. The average Bonchev–Trinajstić information content (AvgIpc) is 3.37. The van der Waals surface area contributed by atoms with Crippen molar-refractivity contribution in [1.29, 1.82) is 0 Å². The van der Waals surface area contributed by atoms with E-state index in [-0.39, 0.29) is 0 Å². The monoisotopic (exact) mass is 500 g/mol. The zero-order chi connectivity index (χ0) is 23.9. The van der Waals surface area contributed by atoms with Gasteiger partial charge in [-0.3, -0.25) is 0 Å². The van der Waals surface area contributed by atoms with Gasteiger partial charge in [0.25, 0.3) is 0 Å². The van der Waals surface area contributed by atoms with Crippen LogP contribution in [0.4, 0.5) is 0 Å². The zero-order valence-electron chi connectivity index (χ0n) is 19.2. The van der Waals surface area contributed by atoms with Crippen LogP contribution in [0.1, 0.15) is 32.0 Å². The normalized spacial score (nSPS) is 9.85. The van der Waals surface area contributed by atoms with Crippen LogP contribution in [-0.2, 0) is 12.8 Å². The van der Waals surface area contributed by atoms with Gasteiger partial charge in [0.1, 0.15) is 11.5 Å². The second-order valence-corrected chi connectivity index (χ2v) is 9.03. The third-order valence-corrected chi connectivity index (χ3v) is 5.87. The lowest BCUT2D eigenvalue weighted by molar-refractivity contribution is 0.483. The van der Waals surface area contributed by atoms with Crippen LogP contribution in [0.2, 0.25) is 10.0 Å². The number of nitrogens with one attached hydrogen (secondary N) is 1. The van der Waals surface area contributed by atoms with E-state index < -0.39 is 0 Å². The van der Waals surface area contributed by atoms with E-state index in [0.717, 1.165) is 24.3 Å². The third kappa shape index (κ3) is 10.4. The van der Waals surface area contributed by atoms with Gasteiger partial charge in [0.05, 0.1) is 11.3 Å². The van der Waals surface area contributed by atoms with Crippen molar-refractivity contribution < 1.29 is 4.74 Å². The van der Waals surface area contributed by atoms with Crippen LogP contribution < -0.4 is 4.74 Å². The van der Waals surface area contributed by atoms with Gasteiger partial charge in [-0.25, -0.2) is 4.98 Å². The molecule has 0 radical (unpaired) electrons. The Balaban J connectivity index is 0.000000201. The van der Waals surface area contributed by atoms with E-state index in [0.29, 0.717) is 15.8 Å². The Labute approximate surface area is 211 Å². The molecule has 1 aromatic heterocycles. The Morgan fingerprint density at radius 2 is 1.61 bits per heavy atom. The van der Waals surface area contributed by atoms with Crippen LogP contribution in [-0.4, -0.2) is 15.7 Å². The lowest BCUT2D eigenvalue weighted by Crippen LogP contribution is -1.86. The fraction of sp³-hybridized carbons (Fsp3) is 0.222. The standard InChI is InChI=1S/C14H12Cl2O.C8H10S.C5H8N2/c1-2-10-3-6-12(7-4-10)17-14-8-5-11(15)9-13(14)16;1-2-9-8-6-4-3-5-7-8;1-2-5-3-6-4-7-5/h3-9H,2H2,1H3;3-7H,2H2,1H3;3-4H,2H2,1H3,(H,6,7). The molecular formula is C27H30Cl2N2OS. The van der Waals surface area contributed by atoms with E-state index in [9.17, 15) is 0 Å². The maximum Gasteiger partial charge on any atom is 0.146 e. The first kappa shape index (κ1) is 26.8. The van der Waals surface area contributed by atoms with Crippen LogP contribution in [0.15, 0.2) is 90.2 Å². The van der Waals surface area contributed by atoms with Crippen LogP contribution >= 0.6 is 35.0 Å². The first-order chi connectivity index (χ1) is 16.0. The van der Waals surface area contributed by atoms with Gasteiger partial charge >= 0.3 is 0 Å². The minimum atomic E-state index is 0.511. The van der Waals surface area contributed by atoms with Crippen molar-refractivity contribution >= 4 is 35.0 Å². The molecule has 1 N–H and O–H groups in total. The van der Waals surface area contributed by atoms with Crippen molar-refractivity contribution in [3.8, 4) is 11.5 Å². The van der Waals surface area contributed by atoms with Crippen molar-refractivity contribution in [3.63, 3.8) is 0 Å². The second kappa shape index (κ2) is 15.4. The van der Waals surface area contributed by atoms with Gasteiger partial charge in [-0.1, -0.05) is 74.3 Å². The summed E-state index contributed by atoms with van der Waals surface area (Å²) in [4.78, 5) is 8.17. The number of ether oxygens (including phenoxy) is 1. The Morgan fingerprint density at radius 3 is 2.12 bits per heavy atom. The maximum atomic E-state index is 6.03. The number of thioether (sulfide) groups is 1. The summed E-state index contributed by atoms with van der Waals surface area (Å²) >= 11 is 13.7. The predicted octanol–water partition coefficient (Wildman–Crippen LogP) is 9.12. The summed E-state index contributed by atoms with van der Waals surface area (Å²) in [5.74, 6) is 2.54. The van der Waals surface area contributed by atoms with E-state index in [2.05, 4.69) is 55.0 Å². The van der Waals surface area contributed by atoms with Crippen LogP contribution in [0, 0.1) is 0 Å². The molecule has 6 heteroatoms. The summed E-state index contributed by atoms with van der Waals surface area (Å²) in [6.07, 6.45) is 5.58. The van der Waals surface area contributed by atoms with Gasteiger partial charge in [0.15, 0.2) is 0 Å². The van der Waals surface area contributed by atoms with Gasteiger partial charge < -0.3 is 9.72 Å². The van der Waals surface area contributed by atoms with Gasteiger partial charge in [-0.15, -0.1) is 11.8 Å². The fourth-order valence-electron chi connectivity index (χ4n) is 2.64. The zero-order valence-corrected chi connectivity index (χ0v) is 21.6. The van der Waals surface area contributed by atoms with E-state index in [4.69, 9.17) is 27.9 Å². The molecule has 0 spiro atoms. The summed E-state index contributed by atoms with van der Waals surface area (Å²) in [5, 5.41) is 1.11. The number of aromatic amines is 1. The maximum absolute atomic E-state index is 6.03. The SMILES string of the molecule is CCSc1ccccc1.CCc1ccc(Oc2ccc(Cl)cc2Cl)cc1.CCc1cnc[nH]1. The highest BCUT2D eigenvalue weighted by molar-refractivity contribution is 7.99. The molecule has 4 rings (SSSR count). The van der Waals surface area contributed by atoms with E-state index >= 15 is 0 Å². The average molecular weight is 502 g/mol. The van der Waals surface area contributed by atoms with Crippen LogP contribution in [0.3, 0.4) is 0 Å². The molecule has 0 amide bonds. The number of benzene rings is 3. The molecule has 3 aromatic carbocycles. The molecule has 0 aliphatic carbocycles. The topological polar surface area (TPSA) is 37.9 Å². The molecule has 0 bridgehead atoms. The summed E-state index contributed by atoms with van der Waals surface area (Å²) in [5.41, 5.74) is 2.47. The summed E-state index contributed by atoms with van der Waals surface area (Å²) in [7, 11) is 0. The molecule has 4 aromatic rings. The van der Waals surface area contributed by atoms with Crippen molar-refractivity contribution in [2.75, 3.05) is 5.75 Å².